The Kier molecular flexibility index (Phi) is 7.74. The van der Waals surface area contributed by atoms with Crippen LogP contribution < -0.4 is 0 Å². The highest BCUT2D eigenvalue weighted by Crippen LogP contribution is 2.45. The van der Waals surface area contributed by atoms with Crippen molar-refractivity contribution in [2.24, 2.45) is 0 Å². The first kappa shape index (κ1) is 33.9. The predicted molar refractivity (Wildman–Crippen MR) is 244 cm³/mol. The fourth-order valence-electron chi connectivity index (χ4n) is 8.64. The molecule has 12 aromatic rings. The third kappa shape index (κ3) is 5.50. The molecule has 12 rings (SSSR count). The molecule has 0 radical (unpaired) electrons. The SMILES string of the molecule is c1ccc(-c2cccc(-c3nc(-c4ccccc4)nc(-c4ccc(-n5c6ccccc6c6c7c(oc65)c(-c5cccc6ccccc56)nc5ccccc57)cc4)n3)c2)cc1. The molecule has 0 unspecified atom stereocenters. The Morgan fingerprint density at radius 1 is 0.383 bits per heavy atom. The van der Waals surface area contributed by atoms with Crippen LogP contribution in [-0.4, -0.2) is 24.5 Å². The van der Waals surface area contributed by atoms with E-state index in [-0.39, 0.29) is 0 Å². The molecule has 6 heteroatoms. The molecule has 8 aromatic carbocycles. The Morgan fingerprint density at radius 2 is 0.950 bits per heavy atom. The highest BCUT2D eigenvalue weighted by molar-refractivity contribution is 6.28. The molecule has 0 aliphatic rings. The molecule has 0 saturated heterocycles. The number of pyridine rings is 1. The molecule has 0 aliphatic heterocycles. The molecule has 0 saturated carbocycles. The Morgan fingerprint density at radius 3 is 1.73 bits per heavy atom. The first-order valence-corrected chi connectivity index (χ1v) is 20.1. The van der Waals surface area contributed by atoms with Crippen molar-refractivity contribution >= 4 is 54.6 Å². The minimum Gasteiger partial charge on any atom is -0.437 e. The molecular weight excluding hydrogens is 735 g/mol. The Labute approximate surface area is 344 Å². The second-order valence-electron chi connectivity index (χ2n) is 15.0. The van der Waals surface area contributed by atoms with E-state index >= 15 is 0 Å². The fourth-order valence-corrected chi connectivity index (χ4v) is 8.64. The van der Waals surface area contributed by atoms with Crippen LogP contribution in [0, 0.1) is 0 Å². The van der Waals surface area contributed by atoms with Gasteiger partial charge in [-0.05, 0) is 64.4 Å². The zero-order valence-electron chi connectivity index (χ0n) is 32.2. The molecule has 0 atom stereocenters. The number of para-hydroxylation sites is 2. The average Bonchev–Trinajstić information content (AvgIpc) is 3.87. The van der Waals surface area contributed by atoms with Gasteiger partial charge in [0.15, 0.2) is 23.1 Å². The summed E-state index contributed by atoms with van der Waals surface area (Å²) in [6, 6.07) is 69.0. The second kappa shape index (κ2) is 13.7. The third-order valence-corrected chi connectivity index (χ3v) is 11.5. The zero-order chi connectivity index (χ0) is 39.6. The lowest BCUT2D eigenvalue weighted by molar-refractivity contribution is 0.645. The Hall–Kier alpha value is -8.22. The number of nitrogens with zero attached hydrogens (tertiary/aromatic N) is 5. The molecule has 0 bridgehead atoms. The second-order valence-corrected chi connectivity index (χ2v) is 15.0. The summed E-state index contributed by atoms with van der Waals surface area (Å²) in [6.07, 6.45) is 0. The topological polar surface area (TPSA) is 69.6 Å². The molecule has 0 fully saturated rings. The van der Waals surface area contributed by atoms with Crippen molar-refractivity contribution < 1.29 is 4.42 Å². The van der Waals surface area contributed by atoms with E-state index in [2.05, 4.69) is 168 Å². The molecule has 4 heterocycles. The average molecular weight is 768 g/mol. The number of fused-ring (bicyclic) bond motifs is 8. The Bertz CT molecular complexity index is 3590. The van der Waals surface area contributed by atoms with Gasteiger partial charge in [0.05, 0.1) is 16.4 Å². The zero-order valence-corrected chi connectivity index (χ0v) is 32.2. The van der Waals surface area contributed by atoms with Gasteiger partial charge in [0.2, 0.25) is 5.71 Å². The van der Waals surface area contributed by atoms with E-state index in [1.807, 2.05) is 36.4 Å². The molecule has 0 amide bonds. The molecule has 280 valence electrons. The van der Waals surface area contributed by atoms with E-state index < -0.39 is 0 Å². The van der Waals surface area contributed by atoms with Crippen LogP contribution in [0.4, 0.5) is 0 Å². The van der Waals surface area contributed by atoms with E-state index in [4.69, 9.17) is 24.4 Å². The van der Waals surface area contributed by atoms with Gasteiger partial charge in [0.1, 0.15) is 5.69 Å². The van der Waals surface area contributed by atoms with Gasteiger partial charge in [0.25, 0.3) is 0 Å². The van der Waals surface area contributed by atoms with E-state index in [1.165, 1.54) is 0 Å². The van der Waals surface area contributed by atoms with Crippen molar-refractivity contribution in [3.8, 4) is 62.2 Å². The summed E-state index contributed by atoms with van der Waals surface area (Å²) in [5.41, 5.74) is 11.3. The molecule has 60 heavy (non-hydrogen) atoms. The third-order valence-electron chi connectivity index (χ3n) is 11.5. The maximum Gasteiger partial charge on any atom is 0.213 e. The van der Waals surface area contributed by atoms with Crippen molar-refractivity contribution in [3.63, 3.8) is 0 Å². The lowest BCUT2D eigenvalue weighted by atomic mass is 9.98. The number of benzene rings is 8. The summed E-state index contributed by atoms with van der Waals surface area (Å²) >= 11 is 0. The van der Waals surface area contributed by atoms with Crippen LogP contribution >= 0.6 is 0 Å². The summed E-state index contributed by atoms with van der Waals surface area (Å²) in [7, 11) is 0. The van der Waals surface area contributed by atoms with E-state index in [0.29, 0.717) is 17.5 Å². The molecule has 0 N–H and O–H groups in total. The summed E-state index contributed by atoms with van der Waals surface area (Å²) in [5.74, 6) is 1.83. The van der Waals surface area contributed by atoms with Crippen LogP contribution in [0.25, 0.3) is 117 Å². The smallest absolute Gasteiger partial charge is 0.213 e. The maximum atomic E-state index is 7.12. The normalized spacial score (nSPS) is 11.7. The van der Waals surface area contributed by atoms with E-state index in [0.717, 1.165) is 99.4 Å². The molecule has 0 aliphatic carbocycles. The number of furan rings is 1. The van der Waals surface area contributed by atoms with Gasteiger partial charge in [-0.3, -0.25) is 4.57 Å². The van der Waals surface area contributed by atoms with Crippen molar-refractivity contribution in [2.45, 2.75) is 0 Å². The van der Waals surface area contributed by atoms with Crippen molar-refractivity contribution in [1.82, 2.24) is 24.5 Å². The minimum absolute atomic E-state index is 0.596. The summed E-state index contributed by atoms with van der Waals surface area (Å²) in [4.78, 5) is 20.4. The first-order chi connectivity index (χ1) is 29.7. The van der Waals surface area contributed by atoms with Crippen LogP contribution in [0.3, 0.4) is 0 Å². The quantitative estimate of drug-likeness (QED) is 0.168. The number of aromatic nitrogens is 5. The maximum absolute atomic E-state index is 7.12. The first-order valence-electron chi connectivity index (χ1n) is 20.1. The van der Waals surface area contributed by atoms with Gasteiger partial charge >= 0.3 is 0 Å². The largest absolute Gasteiger partial charge is 0.437 e. The van der Waals surface area contributed by atoms with Gasteiger partial charge in [-0.15, -0.1) is 0 Å². The Balaban J connectivity index is 1.04. The van der Waals surface area contributed by atoms with Crippen LogP contribution in [0.1, 0.15) is 0 Å². The van der Waals surface area contributed by atoms with Crippen LogP contribution in [0.5, 0.6) is 0 Å². The van der Waals surface area contributed by atoms with Gasteiger partial charge in [0, 0.05) is 44.1 Å². The van der Waals surface area contributed by atoms with Gasteiger partial charge in [-0.2, -0.15) is 0 Å². The minimum atomic E-state index is 0.596. The molecule has 4 aromatic heterocycles. The lowest BCUT2D eigenvalue weighted by Crippen LogP contribution is -2.00. The number of hydrogen-bond donors (Lipinski definition) is 0. The molecular formula is C54H33N5O. The summed E-state index contributed by atoms with van der Waals surface area (Å²) in [6.45, 7) is 0. The van der Waals surface area contributed by atoms with Gasteiger partial charge in [-0.1, -0.05) is 158 Å². The van der Waals surface area contributed by atoms with E-state index in [1.54, 1.807) is 0 Å². The summed E-state index contributed by atoms with van der Waals surface area (Å²) in [5, 5.41) is 6.59. The number of hydrogen-bond acceptors (Lipinski definition) is 5. The van der Waals surface area contributed by atoms with Crippen LogP contribution in [0.2, 0.25) is 0 Å². The molecule has 0 spiro atoms. The molecule has 6 nitrogen and oxygen atoms in total. The van der Waals surface area contributed by atoms with Crippen LogP contribution in [-0.2, 0) is 0 Å². The van der Waals surface area contributed by atoms with Crippen molar-refractivity contribution in [1.29, 1.82) is 0 Å². The predicted octanol–water partition coefficient (Wildman–Crippen LogP) is 13.8. The highest BCUT2D eigenvalue weighted by atomic mass is 16.3. The van der Waals surface area contributed by atoms with E-state index in [9.17, 15) is 0 Å². The van der Waals surface area contributed by atoms with Crippen molar-refractivity contribution in [3.05, 3.63) is 200 Å². The number of rotatable bonds is 6. The van der Waals surface area contributed by atoms with Crippen LogP contribution in [0.15, 0.2) is 205 Å². The van der Waals surface area contributed by atoms with Gasteiger partial charge in [-0.25, -0.2) is 19.9 Å². The monoisotopic (exact) mass is 767 g/mol. The van der Waals surface area contributed by atoms with Gasteiger partial charge < -0.3 is 4.42 Å². The summed E-state index contributed by atoms with van der Waals surface area (Å²) < 4.78 is 9.34. The van der Waals surface area contributed by atoms with Crippen molar-refractivity contribution in [2.75, 3.05) is 0 Å². The standard InChI is InChI=1S/C54H33N5O/c1-3-15-34(16-4-1)38-21-13-22-39(33-38)53-57-51(36-18-5-2-6-19-36)56-52(58-53)37-29-31-40(32-30-37)59-46-28-12-10-25-44(46)48-47-43-24-9-11-27-45(43)55-49(50(47)60-54(48)59)42-26-14-20-35-17-7-8-23-41(35)42/h1-33H. The lowest BCUT2D eigenvalue weighted by Gasteiger charge is -2.11. The highest BCUT2D eigenvalue weighted by Gasteiger charge is 2.25. The fraction of sp³-hybridized carbons (Fsp3) is 0.